The van der Waals surface area contributed by atoms with Gasteiger partial charge in [0, 0.05) is 60.0 Å². The quantitative estimate of drug-likeness (QED) is 0.198. The first kappa shape index (κ1) is 33.4. The summed E-state index contributed by atoms with van der Waals surface area (Å²) in [7, 11) is 0. The number of halogens is 1. The molecule has 0 saturated carbocycles. The fourth-order valence-corrected chi connectivity index (χ4v) is 7.46. The summed E-state index contributed by atoms with van der Waals surface area (Å²) in [4.78, 5) is 52.4. The van der Waals surface area contributed by atoms with Crippen LogP contribution in [0.15, 0.2) is 63.4 Å². The summed E-state index contributed by atoms with van der Waals surface area (Å²) in [6, 6.07) is 9.79. The van der Waals surface area contributed by atoms with Crippen molar-refractivity contribution in [2.45, 2.75) is 79.2 Å². The number of hydrogen-bond donors (Lipinski definition) is 1. The molecule has 2 aromatic carbocycles. The third-order valence-corrected chi connectivity index (χ3v) is 9.36. The molecule has 0 atom stereocenters. The molecule has 0 aromatic heterocycles. The Labute approximate surface area is 276 Å². The summed E-state index contributed by atoms with van der Waals surface area (Å²) in [6.45, 7) is 10.7. The summed E-state index contributed by atoms with van der Waals surface area (Å²) >= 11 is 3.66. The molecule has 0 bridgehead atoms. The molecule has 2 aromatic rings. The molecule has 0 amide bonds. The van der Waals surface area contributed by atoms with Gasteiger partial charge < -0.3 is 19.5 Å². The minimum Gasteiger partial charge on any atom is -0.490 e. The standard InChI is InChI=1S/C35H39BrN2O8/c1-6-45-28-14-21(13-23(36)33(28)46-19-20-7-9-22(10-8-20)38(43)44)30-31-24(15-34(2,3)17-26(31)39)37(12-11-29(41)42)25-16-35(4,5)18-27(40)32(25)30/h7-10,13-14,30H,6,11-12,15-19H2,1-5H3,(H,41,42). The molecular weight excluding hydrogens is 656 g/mol. The number of carboxylic acid groups (broad SMARTS) is 1. The number of Topliss-reactive ketones (excluding diaryl/α,β-unsaturated/α-hetero) is 2. The number of aliphatic carboxylic acids is 1. The molecule has 1 heterocycles. The van der Waals surface area contributed by atoms with E-state index in [4.69, 9.17) is 9.47 Å². The Hall–Kier alpha value is -3.99. The van der Waals surface area contributed by atoms with Gasteiger partial charge in [-0.2, -0.15) is 0 Å². The Morgan fingerprint density at radius 3 is 2.04 bits per heavy atom. The van der Waals surface area contributed by atoms with Crippen molar-refractivity contribution in [2.24, 2.45) is 10.8 Å². The van der Waals surface area contributed by atoms with E-state index in [1.807, 2.05) is 51.7 Å². The van der Waals surface area contributed by atoms with Gasteiger partial charge in [-0.05, 0) is 81.9 Å². The predicted octanol–water partition coefficient (Wildman–Crippen LogP) is 7.50. The fraction of sp³-hybridized carbons (Fsp3) is 0.457. The number of non-ortho nitro benzene ring substituents is 1. The van der Waals surface area contributed by atoms with Gasteiger partial charge in [-0.3, -0.25) is 24.5 Å². The first-order valence-electron chi connectivity index (χ1n) is 15.4. The zero-order valence-electron chi connectivity index (χ0n) is 26.8. The van der Waals surface area contributed by atoms with E-state index < -0.39 is 16.8 Å². The maximum atomic E-state index is 14.1. The van der Waals surface area contributed by atoms with Crippen LogP contribution in [0.25, 0.3) is 0 Å². The molecule has 0 spiro atoms. The van der Waals surface area contributed by atoms with Crippen LogP contribution in [-0.2, 0) is 21.0 Å². The molecule has 11 heteroatoms. The summed E-state index contributed by atoms with van der Waals surface area (Å²) in [5.41, 5.74) is 3.44. The van der Waals surface area contributed by atoms with Crippen LogP contribution in [-0.4, -0.2) is 45.6 Å². The maximum Gasteiger partial charge on any atom is 0.305 e. The smallest absolute Gasteiger partial charge is 0.305 e. The van der Waals surface area contributed by atoms with E-state index >= 15 is 0 Å². The van der Waals surface area contributed by atoms with Gasteiger partial charge >= 0.3 is 5.97 Å². The molecule has 0 fully saturated rings. The third-order valence-electron chi connectivity index (χ3n) is 8.77. The Morgan fingerprint density at radius 2 is 1.54 bits per heavy atom. The number of carbonyl (C=O) groups excluding carboxylic acids is 2. The number of ether oxygens (including phenoxy) is 2. The lowest BCUT2D eigenvalue weighted by molar-refractivity contribution is -0.384. The highest BCUT2D eigenvalue weighted by atomic mass is 79.9. The fourth-order valence-electron chi connectivity index (χ4n) is 6.89. The van der Waals surface area contributed by atoms with Crippen LogP contribution in [0.1, 0.15) is 83.8 Å². The molecular formula is C35H39BrN2O8. The molecule has 2 aliphatic carbocycles. The Balaban J connectivity index is 1.63. The number of rotatable bonds is 10. The molecule has 1 aliphatic heterocycles. The highest BCUT2D eigenvalue weighted by Gasteiger charge is 2.49. The summed E-state index contributed by atoms with van der Waals surface area (Å²) in [5, 5.41) is 20.7. The number of nitro benzene ring substituents is 1. The molecule has 1 N–H and O–H groups in total. The van der Waals surface area contributed by atoms with Crippen LogP contribution in [0.5, 0.6) is 11.5 Å². The van der Waals surface area contributed by atoms with Gasteiger partial charge in [-0.25, -0.2) is 0 Å². The largest absolute Gasteiger partial charge is 0.490 e. The molecule has 0 radical (unpaired) electrons. The van der Waals surface area contributed by atoms with Crippen molar-refractivity contribution < 1.29 is 33.9 Å². The van der Waals surface area contributed by atoms with Gasteiger partial charge in [-0.15, -0.1) is 0 Å². The van der Waals surface area contributed by atoms with E-state index in [1.165, 1.54) is 12.1 Å². The zero-order chi connectivity index (χ0) is 33.6. The average Bonchev–Trinajstić information content (AvgIpc) is 2.94. The first-order chi connectivity index (χ1) is 21.6. The van der Waals surface area contributed by atoms with Crippen LogP contribution in [0.3, 0.4) is 0 Å². The highest BCUT2D eigenvalue weighted by molar-refractivity contribution is 9.10. The number of allylic oxidation sites excluding steroid dienone is 4. The molecule has 3 aliphatic rings. The second kappa shape index (κ2) is 12.7. The Bertz CT molecular complexity index is 1620. The van der Waals surface area contributed by atoms with Crippen molar-refractivity contribution in [3.63, 3.8) is 0 Å². The van der Waals surface area contributed by atoms with Gasteiger partial charge in [0.25, 0.3) is 5.69 Å². The SMILES string of the molecule is CCOc1cc(C2C3=C(CC(C)(C)CC3=O)N(CCC(=O)O)C3=C2C(=O)CC(C)(C)C3)cc(Br)c1OCc1ccc([N+](=O)[O-])cc1. The van der Waals surface area contributed by atoms with Gasteiger partial charge in [0.2, 0.25) is 0 Å². The Morgan fingerprint density at radius 1 is 0.978 bits per heavy atom. The highest BCUT2D eigenvalue weighted by Crippen LogP contribution is 2.55. The lowest BCUT2D eigenvalue weighted by Gasteiger charge is -2.49. The van der Waals surface area contributed by atoms with Crippen molar-refractivity contribution in [3.05, 3.63) is 84.7 Å². The number of benzene rings is 2. The van der Waals surface area contributed by atoms with Crippen molar-refractivity contribution in [1.82, 2.24) is 4.90 Å². The number of hydrogen-bond acceptors (Lipinski definition) is 8. The third kappa shape index (κ3) is 6.74. The Kier molecular flexibility index (Phi) is 9.19. The lowest BCUT2D eigenvalue weighted by Crippen LogP contribution is -2.45. The number of carbonyl (C=O) groups is 3. The van der Waals surface area contributed by atoms with Crippen molar-refractivity contribution >= 4 is 39.2 Å². The minimum absolute atomic E-state index is 0.0121. The average molecular weight is 696 g/mol. The minimum atomic E-state index is -0.941. The number of nitro groups is 1. The van der Waals surface area contributed by atoms with Crippen LogP contribution in [0.4, 0.5) is 5.69 Å². The number of nitrogens with zero attached hydrogens (tertiary/aromatic N) is 2. The molecule has 46 heavy (non-hydrogen) atoms. The van der Waals surface area contributed by atoms with Crippen LogP contribution in [0, 0.1) is 20.9 Å². The van der Waals surface area contributed by atoms with Crippen molar-refractivity contribution in [2.75, 3.05) is 13.2 Å². The first-order valence-corrected chi connectivity index (χ1v) is 16.2. The topological polar surface area (TPSA) is 136 Å². The van der Waals surface area contributed by atoms with Crippen molar-refractivity contribution in [3.8, 4) is 11.5 Å². The normalized spacial score (nSPS) is 19.1. The van der Waals surface area contributed by atoms with Crippen LogP contribution in [0.2, 0.25) is 0 Å². The predicted molar refractivity (Wildman–Crippen MR) is 175 cm³/mol. The van der Waals surface area contributed by atoms with Crippen LogP contribution >= 0.6 is 15.9 Å². The molecule has 244 valence electrons. The van der Waals surface area contributed by atoms with E-state index in [2.05, 4.69) is 15.9 Å². The summed E-state index contributed by atoms with van der Waals surface area (Å²) < 4.78 is 12.8. The second-order valence-corrected chi connectivity index (χ2v) is 14.7. The number of ketones is 2. The van der Waals surface area contributed by atoms with Crippen molar-refractivity contribution in [1.29, 1.82) is 0 Å². The van der Waals surface area contributed by atoms with Gasteiger partial charge in [0.15, 0.2) is 23.1 Å². The molecule has 0 unspecified atom stereocenters. The van der Waals surface area contributed by atoms with E-state index in [-0.39, 0.29) is 47.7 Å². The number of carboxylic acids is 1. The van der Waals surface area contributed by atoms with Gasteiger partial charge in [-0.1, -0.05) is 27.7 Å². The zero-order valence-corrected chi connectivity index (χ0v) is 28.4. The lowest BCUT2D eigenvalue weighted by atomic mass is 9.63. The second-order valence-electron chi connectivity index (χ2n) is 13.8. The van der Waals surface area contributed by atoms with Gasteiger partial charge in [0.1, 0.15) is 6.61 Å². The maximum absolute atomic E-state index is 14.1. The van der Waals surface area contributed by atoms with Crippen LogP contribution < -0.4 is 9.47 Å². The summed E-state index contributed by atoms with van der Waals surface area (Å²) in [5.74, 6) is -0.819. The summed E-state index contributed by atoms with van der Waals surface area (Å²) in [6.07, 6.45) is 1.65. The van der Waals surface area contributed by atoms with E-state index in [0.717, 1.165) is 17.0 Å². The van der Waals surface area contributed by atoms with E-state index in [0.29, 0.717) is 65.0 Å². The van der Waals surface area contributed by atoms with Gasteiger partial charge in [0.05, 0.1) is 22.4 Å². The van der Waals surface area contributed by atoms with E-state index in [1.54, 1.807) is 12.1 Å². The van der Waals surface area contributed by atoms with E-state index in [9.17, 15) is 29.6 Å². The molecule has 5 rings (SSSR count). The molecule has 10 nitrogen and oxygen atoms in total. The monoisotopic (exact) mass is 694 g/mol. The molecule has 0 saturated heterocycles.